The number of carbonyl (C=O) groups is 2. The van der Waals surface area contributed by atoms with Crippen LogP contribution >= 0.6 is 0 Å². The highest BCUT2D eigenvalue weighted by atomic mass is 16.5. The molecule has 8 heteroatoms. The summed E-state index contributed by atoms with van der Waals surface area (Å²) in [5.41, 5.74) is 5.98. The van der Waals surface area contributed by atoms with Gasteiger partial charge in [-0.3, -0.25) is 9.59 Å². The van der Waals surface area contributed by atoms with Crippen molar-refractivity contribution in [1.29, 1.82) is 0 Å². The Morgan fingerprint density at radius 1 is 1.23 bits per heavy atom. The lowest BCUT2D eigenvalue weighted by atomic mass is 10.1. The fraction of sp³-hybridized carbons (Fsp3) is 0.556. The van der Waals surface area contributed by atoms with Gasteiger partial charge >= 0.3 is 0 Å². The van der Waals surface area contributed by atoms with Crippen LogP contribution in [0, 0.1) is 5.92 Å². The van der Waals surface area contributed by atoms with Gasteiger partial charge in [0, 0.05) is 37.2 Å². The largest absolute Gasteiger partial charge is 0.493 e. The Morgan fingerprint density at radius 3 is 2.27 bits per heavy atom. The summed E-state index contributed by atoms with van der Waals surface area (Å²) in [7, 11) is 4.54. The average Bonchev–Trinajstić information content (AvgIpc) is 2.99. The summed E-state index contributed by atoms with van der Waals surface area (Å²) in [6, 6.07) is 3.39. The van der Waals surface area contributed by atoms with Crippen molar-refractivity contribution in [3.05, 3.63) is 12.1 Å². The number of benzene rings is 1. The van der Waals surface area contributed by atoms with Crippen LogP contribution in [0.3, 0.4) is 0 Å². The van der Waals surface area contributed by atoms with Crippen LogP contribution in [0.5, 0.6) is 17.2 Å². The minimum absolute atomic E-state index is 0.133. The van der Waals surface area contributed by atoms with Crippen LogP contribution in [0.4, 0.5) is 5.69 Å². The minimum Gasteiger partial charge on any atom is -0.493 e. The highest BCUT2D eigenvalue weighted by molar-refractivity contribution is 6.00. The zero-order chi connectivity index (χ0) is 19.5. The second kappa shape index (κ2) is 7.82. The molecule has 1 aromatic carbocycles. The predicted octanol–water partition coefficient (Wildman–Crippen LogP) is 0.919. The standard InChI is InChI=1S/C18H27N3O5/c1-18(2,19)10-20-17(23)11-6-15(22)21(9-11)12-7-13(24-3)16(26-5)14(8-12)25-4/h7-8,11H,6,9-10,19H2,1-5H3,(H,20,23). The molecule has 1 heterocycles. The van der Waals surface area contributed by atoms with Crippen molar-refractivity contribution in [2.24, 2.45) is 11.7 Å². The maximum Gasteiger partial charge on any atom is 0.227 e. The van der Waals surface area contributed by atoms with E-state index in [1.54, 1.807) is 17.0 Å². The Hall–Kier alpha value is -2.48. The number of rotatable bonds is 7. The zero-order valence-electron chi connectivity index (χ0n) is 15.9. The van der Waals surface area contributed by atoms with Crippen molar-refractivity contribution >= 4 is 17.5 Å². The molecule has 8 nitrogen and oxygen atoms in total. The van der Waals surface area contributed by atoms with Crippen molar-refractivity contribution < 1.29 is 23.8 Å². The number of ether oxygens (including phenoxy) is 3. The summed E-state index contributed by atoms with van der Waals surface area (Å²) >= 11 is 0. The van der Waals surface area contributed by atoms with Crippen molar-refractivity contribution in [2.45, 2.75) is 25.8 Å². The van der Waals surface area contributed by atoms with Gasteiger partial charge in [0.15, 0.2) is 11.5 Å². The van der Waals surface area contributed by atoms with E-state index in [2.05, 4.69) is 5.32 Å². The first-order chi connectivity index (χ1) is 12.2. The molecule has 144 valence electrons. The number of carbonyl (C=O) groups excluding carboxylic acids is 2. The summed E-state index contributed by atoms with van der Waals surface area (Å²) in [4.78, 5) is 26.4. The Bertz CT molecular complexity index is 659. The van der Waals surface area contributed by atoms with E-state index in [-0.39, 0.29) is 24.8 Å². The second-order valence-electron chi connectivity index (χ2n) is 7.00. The Balaban J connectivity index is 2.19. The molecule has 1 aliphatic rings. The van der Waals surface area contributed by atoms with Gasteiger partial charge in [-0.05, 0) is 13.8 Å². The summed E-state index contributed by atoms with van der Waals surface area (Å²) in [6.45, 7) is 4.29. The van der Waals surface area contributed by atoms with Crippen molar-refractivity contribution in [1.82, 2.24) is 5.32 Å². The molecule has 1 aromatic rings. The van der Waals surface area contributed by atoms with Crippen LogP contribution in [-0.4, -0.2) is 51.8 Å². The molecule has 2 rings (SSSR count). The lowest BCUT2D eigenvalue weighted by molar-refractivity contribution is -0.126. The number of anilines is 1. The van der Waals surface area contributed by atoms with E-state index in [1.807, 2.05) is 13.8 Å². The molecule has 0 bridgehead atoms. The summed E-state index contributed by atoms with van der Waals surface area (Å²) in [5.74, 6) is 0.618. The van der Waals surface area contributed by atoms with E-state index in [0.29, 0.717) is 29.5 Å². The molecular weight excluding hydrogens is 338 g/mol. The Labute approximate surface area is 153 Å². The molecule has 1 fully saturated rings. The van der Waals surface area contributed by atoms with E-state index >= 15 is 0 Å². The van der Waals surface area contributed by atoms with Gasteiger partial charge in [-0.25, -0.2) is 0 Å². The molecule has 0 spiro atoms. The average molecular weight is 365 g/mol. The minimum atomic E-state index is -0.505. The van der Waals surface area contributed by atoms with Gasteiger partial charge in [0.25, 0.3) is 0 Å². The molecule has 0 saturated carbocycles. The van der Waals surface area contributed by atoms with E-state index in [1.165, 1.54) is 21.3 Å². The molecule has 0 aromatic heterocycles. The topological polar surface area (TPSA) is 103 Å². The van der Waals surface area contributed by atoms with Crippen LogP contribution in [0.25, 0.3) is 0 Å². The molecule has 1 saturated heterocycles. The van der Waals surface area contributed by atoms with Crippen molar-refractivity contribution in [2.75, 3.05) is 39.3 Å². The molecule has 1 atom stereocenters. The molecule has 0 aliphatic carbocycles. The fourth-order valence-electron chi connectivity index (χ4n) is 2.82. The Morgan fingerprint density at radius 2 is 1.81 bits per heavy atom. The van der Waals surface area contributed by atoms with E-state index in [0.717, 1.165) is 0 Å². The van der Waals surface area contributed by atoms with E-state index in [9.17, 15) is 9.59 Å². The second-order valence-corrected chi connectivity index (χ2v) is 7.00. The monoisotopic (exact) mass is 365 g/mol. The van der Waals surface area contributed by atoms with E-state index < -0.39 is 11.5 Å². The quantitative estimate of drug-likeness (QED) is 0.745. The maximum atomic E-state index is 12.5. The SMILES string of the molecule is COc1cc(N2CC(C(=O)NCC(C)(C)N)CC2=O)cc(OC)c1OC. The molecule has 1 unspecified atom stereocenters. The number of nitrogens with one attached hydrogen (secondary N) is 1. The molecule has 2 amide bonds. The molecular formula is C18H27N3O5. The van der Waals surface area contributed by atoms with Gasteiger partial charge in [0.05, 0.1) is 32.9 Å². The maximum absolute atomic E-state index is 12.5. The van der Waals surface area contributed by atoms with Crippen LogP contribution in [0.15, 0.2) is 12.1 Å². The number of amides is 2. The lowest BCUT2D eigenvalue weighted by Gasteiger charge is -2.22. The van der Waals surface area contributed by atoms with Gasteiger partial charge in [-0.2, -0.15) is 0 Å². The number of nitrogens with two attached hydrogens (primary N) is 1. The molecule has 1 aliphatic heterocycles. The molecule has 0 radical (unpaired) electrons. The van der Waals surface area contributed by atoms with Crippen LogP contribution in [-0.2, 0) is 9.59 Å². The van der Waals surface area contributed by atoms with Gasteiger partial charge < -0.3 is 30.2 Å². The zero-order valence-corrected chi connectivity index (χ0v) is 15.9. The van der Waals surface area contributed by atoms with E-state index in [4.69, 9.17) is 19.9 Å². The number of hydrogen-bond acceptors (Lipinski definition) is 6. The third-order valence-corrected chi connectivity index (χ3v) is 4.18. The summed E-state index contributed by atoms with van der Waals surface area (Å²) in [5, 5.41) is 2.81. The predicted molar refractivity (Wildman–Crippen MR) is 97.8 cm³/mol. The first-order valence-corrected chi connectivity index (χ1v) is 8.37. The first kappa shape index (κ1) is 19.8. The first-order valence-electron chi connectivity index (χ1n) is 8.37. The highest BCUT2D eigenvalue weighted by Gasteiger charge is 2.36. The molecule has 3 N–H and O–H groups in total. The molecule has 26 heavy (non-hydrogen) atoms. The fourth-order valence-corrected chi connectivity index (χ4v) is 2.82. The Kier molecular flexibility index (Phi) is 5.97. The van der Waals surface area contributed by atoms with Gasteiger partial charge in [-0.15, -0.1) is 0 Å². The van der Waals surface area contributed by atoms with Gasteiger partial charge in [0.1, 0.15) is 0 Å². The van der Waals surface area contributed by atoms with Crippen LogP contribution in [0.2, 0.25) is 0 Å². The third-order valence-electron chi connectivity index (χ3n) is 4.18. The van der Waals surface area contributed by atoms with Crippen LogP contribution < -0.4 is 30.2 Å². The number of nitrogens with zero attached hydrogens (tertiary/aromatic N) is 1. The smallest absolute Gasteiger partial charge is 0.227 e. The summed E-state index contributed by atoms with van der Waals surface area (Å²) in [6.07, 6.45) is 0.146. The van der Waals surface area contributed by atoms with Gasteiger partial charge in [-0.1, -0.05) is 0 Å². The normalized spacial score (nSPS) is 17.2. The third kappa shape index (κ3) is 4.37. The number of hydrogen-bond donors (Lipinski definition) is 2. The number of methoxy groups -OCH3 is 3. The lowest BCUT2D eigenvalue weighted by Crippen LogP contribution is -2.46. The van der Waals surface area contributed by atoms with Gasteiger partial charge in [0.2, 0.25) is 17.6 Å². The highest BCUT2D eigenvalue weighted by Crippen LogP contribution is 2.42. The summed E-state index contributed by atoms with van der Waals surface area (Å²) < 4.78 is 16.0. The van der Waals surface area contributed by atoms with Crippen molar-refractivity contribution in [3.63, 3.8) is 0 Å². The van der Waals surface area contributed by atoms with Crippen molar-refractivity contribution in [3.8, 4) is 17.2 Å². The van der Waals surface area contributed by atoms with Crippen LogP contribution in [0.1, 0.15) is 20.3 Å².